The Labute approximate surface area is 371 Å². The molecular formula is C54H87O7+. The van der Waals surface area contributed by atoms with Gasteiger partial charge in [0.1, 0.15) is 0 Å². The summed E-state index contributed by atoms with van der Waals surface area (Å²) in [5, 5.41) is 36.3. The first-order chi connectivity index (χ1) is 29.0. The van der Waals surface area contributed by atoms with Crippen LogP contribution < -0.4 is 0 Å². The van der Waals surface area contributed by atoms with Gasteiger partial charge in [-0.15, -0.1) is 0 Å². The molecule has 0 saturated heterocycles. The Kier molecular flexibility index (Phi) is 15.7. The smallest absolute Gasteiger partial charge is 0.481 e. The zero-order chi connectivity index (χ0) is 44.3. The molecule has 0 unspecified atom stereocenters. The van der Waals surface area contributed by atoms with Gasteiger partial charge in [0, 0.05) is 20.0 Å². The van der Waals surface area contributed by atoms with E-state index in [1.807, 2.05) is 0 Å². The van der Waals surface area contributed by atoms with Gasteiger partial charge in [0.2, 0.25) is 0 Å². The standard InChI is InChI=1S/C27H42O3.C26H40O3.CH4O/c1-18(7-5-6-8-25(29)30-4)22-11-12-23-21-10-9-19-17-20(28)13-15-26(19,2)24(21)14-16-27(22,23)3;1-17(6-4-5-7-24(28)29)21-10-11-22-20-9-8-18-16-19(27)12-14-25(18,2)23(20)13-15-26(21,22)3;1-2/h7,9,20-24,28H,5-6,8,10-17H2,1-4H3;6,8,19-23,27H,4-5,7,9-16H2,1-3H3,(H,28,29);2H,1H3/p+1/b18-7+;17-6+;/t20-,21-,22+,23-,24-,26-,27+;19-,20-,21+,22-,23-,25-,26+;/m00./s1. The summed E-state index contributed by atoms with van der Waals surface area (Å²) in [4.78, 5) is 22.1. The Balaban J connectivity index is 0.000000222. The van der Waals surface area contributed by atoms with Crippen LogP contribution in [0.15, 0.2) is 46.6 Å². The van der Waals surface area contributed by atoms with Crippen molar-refractivity contribution < 1.29 is 36.2 Å². The molecule has 0 amide bonds. The van der Waals surface area contributed by atoms with E-state index in [1.54, 1.807) is 16.7 Å². The van der Waals surface area contributed by atoms with Gasteiger partial charge in [-0.05, 0) is 211 Å². The van der Waals surface area contributed by atoms with Crippen LogP contribution in [0.2, 0.25) is 0 Å². The molecule has 6 fully saturated rings. The van der Waals surface area contributed by atoms with Crippen LogP contribution in [0.5, 0.6) is 0 Å². The molecule has 6 saturated carbocycles. The van der Waals surface area contributed by atoms with Gasteiger partial charge in [0.25, 0.3) is 0 Å². The molecule has 0 heterocycles. The summed E-state index contributed by atoms with van der Waals surface area (Å²) in [7, 11) is 2.47. The first-order valence-electron chi connectivity index (χ1n) is 24.9. The molecule has 7 heteroatoms. The molecular weight excluding hydrogens is 761 g/mol. The first-order valence-corrected chi connectivity index (χ1v) is 24.9. The third kappa shape index (κ3) is 9.47. The molecule has 0 aromatic carbocycles. The number of carboxylic acids is 1. The summed E-state index contributed by atoms with van der Waals surface area (Å²) in [5.74, 6) is 5.48. The fraction of sp³-hybridized carbons (Fsp3) is 0.815. The molecule has 0 radical (unpaired) electrons. The predicted octanol–water partition coefficient (Wildman–Crippen LogP) is 12.1. The summed E-state index contributed by atoms with van der Waals surface area (Å²) in [6, 6.07) is 0. The average Bonchev–Trinajstić information content (AvgIpc) is 3.79. The van der Waals surface area contributed by atoms with Gasteiger partial charge in [0.05, 0.1) is 19.3 Å². The quantitative estimate of drug-likeness (QED) is 0.0980. The van der Waals surface area contributed by atoms with E-state index >= 15 is 0 Å². The minimum Gasteiger partial charge on any atom is -0.481 e. The predicted molar refractivity (Wildman–Crippen MR) is 247 cm³/mol. The van der Waals surface area contributed by atoms with Gasteiger partial charge in [0.15, 0.2) is 0 Å². The number of esters is 1. The number of carbonyl (C=O) groups excluding carboxylic acids is 1. The van der Waals surface area contributed by atoms with Crippen LogP contribution in [0.3, 0.4) is 0 Å². The van der Waals surface area contributed by atoms with E-state index in [4.69, 9.17) is 14.9 Å². The summed E-state index contributed by atoms with van der Waals surface area (Å²) in [6.07, 6.45) is 33.2. The van der Waals surface area contributed by atoms with Gasteiger partial charge in [-0.2, -0.15) is 0 Å². The number of aliphatic carboxylic acids is 1. The van der Waals surface area contributed by atoms with Crippen LogP contribution in [-0.2, 0) is 14.3 Å². The van der Waals surface area contributed by atoms with Crippen molar-refractivity contribution in [3.05, 3.63) is 46.6 Å². The zero-order valence-corrected chi connectivity index (χ0v) is 39.7. The van der Waals surface area contributed by atoms with Crippen LogP contribution >= 0.6 is 0 Å². The lowest BCUT2D eigenvalue weighted by Crippen LogP contribution is -2.50. The van der Waals surface area contributed by atoms with Crippen molar-refractivity contribution in [2.24, 2.45) is 69.0 Å². The SMILES string of the molecule is C/C(=C\CCCC(=O)O)[C@H]1CC[C@H]2[C@@H]3CC=C4C[C@@H](O)CC[C@]4(C)[C@H]3CC[C@]12C.CO.COC(=O)CCC/C=C(\C)[C@H]1CC[C@H]2[C@@H]3CC=C4C[C@@H](O)CC[C@]4(C)[C@H]3CC[C@]12C.[H+]. The molecule has 8 rings (SSSR count). The van der Waals surface area contributed by atoms with Crippen LogP contribution in [0.4, 0.5) is 0 Å². The normalized spacial score (nSPS) is 42.5. The zero-order valence-electron chi connectivity index (χ0n) is 40.7. The Morgan fingerprint density at radius 2 is 1.08 bits per heavy atom. The highest BCUT2D eigenvalue weighted by molar-refractivity contribution is 5.69. The molecule has 0 aliphatic heterocycles. The van der Waals surface area contributed by atoms with Crippen molar-refractivity contribution in [1.82, 2.24) is 0 Å². The highest BCUT2D eigenvalue weighted by atomic mass is 16.5. The van der Waals surface area contributed by atoms with E-state index in [9.17, 15) is 19.8 Å². The maximum atomic E-state index is 11.4. The number of hydrogen-bond acceptors (Lipinski definition) is 6. The fourth-order valence-electron chi connectivity index (χ4n) is 16.3. The Bertz CT molecular complexity index is 1680. The number of carbonyl (C=O) groups is 2. The minimum absolute atomic E-state index is 0. The lowest BCUT2D eigenvalue weighted by atomic mass is 9.47. The first kappa shape index (κ1) is 48.2. The van der Waals surface area contributed by atoms with E-state index in [2.05, 4.69) is 65.8 Å². The molecule has 0 spiro atoms. The fourth-order valence-corrected chi connectivity index (χ4v) is 16.3. The number of rotatable bonds is 10. The number of aliphatic hydroxyl groups is 3. The van der Waals surface area contributed by atoms with Crippen molar-refractivity contribution in [3.63, 3.8) is 0 Å². The largest absolute Gasteiger partial charge is 1.00 e. The lowest BCUT2D eigenvalue weighted by Gasteiger charge is -2.58. The van der Waals surface area contributed by atoms with Crippen LogP contribution in [0.25, 0.3) is 0 Å². The molecule has 344 valence electrons. The molecule has 61 heavy (non-hydrogen) atoms. The van der Waals surface area contributed by atoms with Crippen molar-refractivity contribution in [3.8, 4) is 0 Å². The Morgan fingerprint density at radius 1 is 0.656 bits per heavy atom. The molecule has 8 aliphatic carbocycles. The van der Waals surface area contributed by atoms with Crippen LogP contribution in [0.1, 0.15) is 184 Å². The van der Waals surface area contributed by atoms with Gasteiger partial charge in [-0.1, -0.05) is 74.3 Å². The number of ether oxygens (including phenoxy) is 1. The topological polar surface area (TPSA) is 124 Å². The van der Waals surface area contributed by atoms with E-state index in [0.717, 1.165) is 100 Å². The molecule has 0 aromatic rings. The number of methoxy groups -OCH3 is 1. The van der Waals surface area contributed by atoms with Gasteiger partial charge in [-0.25, -0.2) is 0 Å². The maximum Gasteiger partial charge on any atom is 1.00 e. The summed E-state index contributed by atoms with van der Waals surface area (Å²) < 4.78 is 4.77. The van der Waals surface area contributed by atoms with Crippen LogP contribution in [0, 0.1) is 69.0 Å². The van der Waals surface area contributed by atoms with Gasteiger partial charge in [-0.3, -0.25) is 9.59 Å². The molecule has 8 aliphatic rings. The summed E-state index contributed by atoms with van der Waals surface area (Å²) >= 11 is 0. The molecule has 7 nitrogen and oxygen atoms in total. The van der Waals surface area contributed by atoms with Crippen molar-refractivity contribution in [1.29, 1.82) is 0 Å². The second-order valence-corrected chi connectivity index (χ2v) is 22.3. The van der Waals surface area contributed by atoms with Gasteiger partial charge >= 0.3 is 13.4 Å². The number of fused-ring (bicyclic) bond motifs is 10. The number of allylic oxidation sites excluding steroid dienone is 6. The molecule has 0 aromatic heterocycles. The second kappa shape index (κ2) is 19.9. The maximum absolute atomic E-state index is 11.4. The average molecular weight is 848 g/mol. The van der Waals surface area contributed by atoms with Crippen LogP contribution in [-0.4, -0.2) is 58.8 Å². The molecule has 4 N–H and O–H groups in total. The van der Waals surface area contributed by atoms with Crippen molar-refractivity contribution in [2.75, 3.05) is 14.2 Å². The third-order valence-corrected chi connectivity index (χ3v) is 19.6. The second-order valence-electron chi connectivity index (χ2n) is 22.3. The third-order valence-electron chi connectivity index (χ3n) is 19.6. The van der Waals surface area contributed by atoms with Crippen molar-refractivity contribution >= 4 is 11.9 Å². The van der Waals surface area contributed by atoms with E-state index < -0.39 is 5.97 Å². The minimum atomic E-state index is -0.685. The highest BCUT2D eigenvalue weighted by Gasteiger charge is 2.60. The van der Waals surface area contributed by atoms with Crippen molar-refractivity contribution in [2.45, 2.75) is 195 Å². The number of aliphatic hydroxyl groups excluding tert-OH is 3. The summed E-state index contributed by atoms with van der Waals surface area (Å²) in [5.41, 5.74) is 7.70. The number of hydrogen-bond donors (Lipinski definition) is 4. The van der Waals surface area contributed by atoms with Gasteiger partial charge < -0.3 is 25.2 Å². The van der Waals surface area contributed by atoms with E-state index in [-0.39, 0.29) is 26.0 Å². The summed E-state index contributed by atoms with van der Waals surface area (Å²) in [6.45, 7) is 14.8. The number of unbranched alkanes of at least 4 members (excludes halogenated alkanes) is 2. The Morgan fingerprint density at radius 3 is 1.49 bits per heavy atom. The Hall–Kier alpha value is -2.22. The number of carboxylic acid groups (broad SMARTS) is 1. The van der Waals surface area contributed by atoms with E-state index in [0.29, 0.717) is 39.9 Å². The lowest BCUT2D eigenvalue weighted by molar-refractivity contribution is -0.140. The highest BCUT2D eigenvalue weighted by Crippen LogP contribution is 2.69. The molecule has 14 atom stereocenters. The molecule has 0 bridgehead atoms. The van der Waals surface area contributed by atoms with E-state index in [1.165, 1.54) is 83.3 Å². The monoisotopic (exact) mass is 848 g/mol.